The summed E-state index contributed by atoms with van der Waals surface area (Å²) in [6, 6.07) is 5.77. The van der Waals surface area contributed by atoms with Crippen molar-refractivity contribution in [1.82, 2.24) is 21.1 Å². The molecule has 1 unspecified atom stereocenters. The van der Waals surface area contributed by atoms with E-state index in [2.05, 4.69) is 19.2 Å². The Morgan fingerprint density at radius 2 is 1.83 bits per heavy atom. The molecule has 2 rings (SSSR count). The fraction of sp³-hybridized carbons (Fsp3) is 0.500. The van der Waals surface area contributed by atoms with Gasteiger partial charge in [-0.15, -0.1) is 0 Å². The van der Waals surface area contributed by atoms with Crippen molar-refractivity contribution in [3.63, 3.8) is 0 Å². The Hall–Kier alpha value is -2.43. The Balaban J connectivity index is 1.82. The molecule has 29 heavy (non-hydrogen) atoms. The summed E-state index contributed by atoms with van der Waals surface area (Å²) < 4.78 is 36.3. The molecule has 11 heteroatoms. The zero-order valence-corrected chi connectivity index (χ0v) is 16.8. The number of hydrogen-bond acceptors (Lipinski definition) is 4. The number of nitrogens with zero attached hydrogens (tertiary/aromatic N) is 1. The van der Waals surface area contributed by atoms with E-state index in [1.165, 1.54) is 17.6 Å². The second-order valence-corrected chi connectivity index (χ2v) is 8.21. The van der Waals surface area contributed by atoms with Gasteiger partial charge in [-0.25, -0.2) is 4.79 Å². The number of benzene rings is 1. The van der Waals surface area contributed by atoms with Crippen LogP contribution in [0.2, 0.25) is 0 Å². The molecule has 3 N–H and O–H groups in total. The topological polar surface area (TPSA) is 90.5 Å². The van der Waals surface area contributed by atoms with Gasteiger partial charge >= 0.3 is 18.1 Å². The smallest absolute Gasteiger partial charge is 0.334 e. The summed E-state index contributed by atoms with van der Waals surface area (Å²) in [6.07, 6.45) is -5.09. The van der Waals surface area contributed by atoms with E-state index in [1.807, 2.05) is 11.8 Å². The maximum Gasteiger partial charge on any atom is 0.472 e. The van der Waals surface area contributed by atoms with Gasteiger partial charge in [-0.3, -0.25) is 20.4 Å². The number of carbonyl (C=O) groups excluding carboxylic acids is 3. The third kappa shape index (κ3) is 6.84. The van der Waals surface area contributed by atoms with E-state index in [0.717, 1.165) is 11.3 Å². The van der Waals surface area contributed by atoms with Crippen LogP contribution in [0.25, 0.3) is 0 Å². The molecule has 4 amide bonds. The summed E-state index contributed by atoms with van der Waals surface area (Å²) in [7, 11) is 0. The van der Waals surface area contributed by atoms with E-state index in [0.29, 0.717) is 24.3 Å². The number of urea groups is 1. The first-order chi connectivity index (χ1) is 13.6. The highest BCUT2D eigenvalue weighted by atomic mass is 32.2. The molecule has 1 heterocycles. The maximum atomic E-state index is 12.4. The van der Waals surface area contributed by atoms with Crippen LogP contribution in [0, 0.1) is 5.92 Å². The lowest BCUT2D eigenvalue weighted by Gasteiger charge is -2.34. The molecule has 1 saturated heterocycles. The molecule has 0 spiro atoms. The zero-order valence-electron chi connectivity index (χ0n) is 16.0. The summed E-state index contributed by atoms with van der Waals surface area (Å²) in [5, 5.41) is 3.24. The quantitative estimate of drug-likeness (QED) is 0.637. The fourth-order valence-electron chi connectivity index (χ4n) is 2.58. The first-order valence-corrected chi connectivity index (χ1v) is 10.0. The molecule has 7 nitrogen and oxygen atoms in total. The summed E-state index contributed by atoms with van der Waals surface area (Å²) in [5.41, 5.74) is 3.78. The fourth-order valence-corrected chi connectivity index (χ4v) is 3.88. The van der Waals surface area contributed by atoms with Crippen molar-refractivity contribution in [3.05, 3.63) is 35.4 Å². The molecule has 0 bridgehead atoms. The average Bonchev–Trinajstić information content (AvgIpc) is 2.69. The minimum absolute atomic E-state index is 0.0652. The van der Waals surface area contributed by atoms with Crippen LogP contribution in [0.1, 0.15) is 29.8 Å². The zero-order chi connectivity index (χ0) is 21.6. The number of rotatable bonds is 4. The van der Waals surface area contributed by atoms with Gasteiger partial charge in [-0.05, 0) is 23.6 Å². The maximum absolute atomic E-state index is 12.4. The normalized spacial score (nSPS) is 17.0. The van der Waals surface area contributed by atoms with Crippen molar-refractivity contribution >= 4 is 29.6 Å². The van der Waals surface area contributed by atoms with Gasteiger partial charge in [0.1, 0.15) is 0 Å². The minimum atomic E-state index is -5.09. The van der Waals surface area contributed by atoms with Gasteiger partial charge in [-0.2, -0.15) is 24.9 Å². The van der Waals surface area contributed by atoms with Crippen molar-refractivity contribution in [1.29, 1.82) is 0 Å². The van der Waals surface area contributed by atoms with Crippen LogP contribution in [0.5, 0.6) is 0 Å². The van der Waals surface area contributed by atoms with Crippen LogP contribution in [0.15, 0.2) is 24.3 Å². The molecule has 160 valence electrons. The lowest BCUT2D eigenvalue weighted by Crippen LogP contribution is -2.48. The lowest BCUT2D eigenvalue weighted by atomic mass is 10.1. The van der Waals surface area contributed by atoms with Crippen molar-refractivity contribution in [2.75, 3.05) is 18.8 Å². The van der Waals surface area contributed by atoms with Gasteiger partial charge in [-0.1, -0.05) is 26.0 Å². The Labute approximate surface area is 170 Å². The Kier molecular flexibility index (Phi) is 7.77. The molecule has 1 aromatic carbocycles. The van der Waals surface area contributed by atoms with E-state index in [-0.39, 0.29) is 18.1 Å². The molecule has 0 saturated carbocycles. The first kappa shape index (κ1) is 22.9. The number of carbonyl (C=O) groups is 3. The van der Waals surface area contributed by atoms with E-state index in [1.54, 1.807) is 22.5 Å². The van der Waals surface area contributed by atoms with E-state index in [9.17, 15) is 27.6 Å². The predicted octanol–water partition coefficient (Wildman–Crippen LogP) is 2.29. The van der Waals surface area contributed by atoms with Crippen molar-refractivity contribution in [3.8, 4) is 0 Å². The SMILES string of the molecule is CC(C)C1CN(C(=O)NCc2ccc(C(=O)NNC(=O)C(F)(F)F)cc2)CCS1. The van der Waals surface area contributed by atoms with Crippen LogP contribution in [-0.2, 0) is 11.3 Å². The molecular formula is C18H23F3N4O3S. The molecule has 1 atom stereocenters. The summed E-state index contributed by atoms with van der Waals surface area (Å²) in [6.45, 7) is 5.89. The van der Waals surface area contributed by atoms with Gasteiger partial charge in [0.05, 0.1) is 0 Å². The minimum Gasteiger partial charge on any atom is -0.334 e. The highest BCUT2D eigenvalue weighted by molar-refractivity contribution is 8.00. The number of hydrazine groups is 1. The number of alkyl halides is 3. The molecule has 0 aliphatic carbocycles. The van der Waals surface area contributed by atoms with Crippen LogP contribution in [0.3, 0.4) is 0 Å². The molecule has 1 fully saturated rings. The largest absolute Gasteiger partial charge is 0.472 e. The van der Waals surface area contributed by atoms with Gasteiger partial charge in [0.15, 0.2) is 0 Å². The van der Waals surface area contributed by atoms with Crippen LogP contribution >= 0.6 is 11.8 Å². The van der Waals surface area contributed by atoms with E-state index in [4.69, 9.17) is 0 Å². The third-order valence-corrected chi connectivity index (χ3v) is 5.87. The molecular weight excluding hydrogens is 409 g/mol. The van der Waals surface area contributed by atoms with Gasteiger partial charge in [0.25, 0.3) is 5.91 Å². The molecule has 1 aromatic rings. The van der Waals surface area contributed by atoms with E-state index >= 15 is 0 Å². The van der Waals surface area contributed by atoms with Crippen LogP contribution < -0.4 is 16.2 Å². The number of hydrogen-bond donors (Lipinski definition) is 3. The lowest BCUT2D eigenvalue weighted by molar-refractivity contribution is -0.174. The number of thioether (sulfide) groups is 1. The number of halogens is 3. The predicted molar refractivity (Wildman–Crippen MR) is 103 cm³/mol. The Morgan fingerprint density at radius 1 is 1.17 bits per heavy atom. The third-order valence-electron chi connectivity index (χ3n) is 4.33. The highest BCUT2D eigenvalue weighted by Gasteiger charge is 2.39. The standard InChI is InChI=1S/C18H23F3N4O3S/c1-11(2)14-10-25(7-8-29-14)17(28)22-9-12-3-5-13(6-4-12)15(26)23-24-16(27)18(19,20)21/h3-6,11,14H,7-10H2,1-2H3,(H,22,28)(H,23,26)(H,24,27). The summed E-state index contributed by atoms with van der Waals surface area (Å²) in [5.74, 6) is -1.77. The van der Waals surface area contributed by atoms with Crippen LogP contribution in [-0.4, -0.2) is 53.0 Å². The molecule has 0 aromatic heterocycles. The number of nitrogens with one attached hydrogen (secondary N) is 3. The molecule has 0 radical (unpaired) electrons. The monoisotopic (exact) mass is 432 g/mol. The van der Waals surface area contributed by atoms with E-state index < -0.39 is 18.0 Å². The van der Waals surface area contributed by atoms with Crippen molar-refractivity contribution < 1.29 is 27.6 Å². The second kappa shape index (κ2) is 9.86. The summed E-state index contributed by atoms with van der Waals surface area (Å²) in [4.78, 5) is 36.6. The number of amides is 4. The second-order valence-electron chi connectivity index (χ2n) is 6.86. The highest BCUT2D eigenvalue weighted by Crippen LogP contribution is 2.24. The van der Waals surface area contributed by atoms with Crippen LogP contribution in [0.4, 0.5) is 18.0 Å². The van der Waals surface area contributed by atoms with Gasteiger partial charge in [0, 0.05) is 36.2 Å². The Bertz CT molecular complexity index is 741. The average molecular weight is 432 g/mol. The Morgan fingerprint density at radius 3 is 2.41 bits per heavy atom. The van der Waals surface area contributed by atoms with Crippen molar-refractivity contribution in [2.45, 2.75) is 31.8 Å². The molecule has 1 aliphatic heterocycles. The molecule has 1 aliphatic rings. The summed E-state index contributed by atoms with van der Waals surface area (Å²) >= 11 is 1.87. The van der Waals surface area contributed by atoms with Gasteiger partial charge in [0.2, 0.25) is 0 Å². The van der Waals surface area contributed by atoms with Gasteiger partial charge < -0.3 is 10.2 Å². The van der Waals surface area contributed by atoms with Crippen molar-refractivity contribution in [2.24, 2.45) is 5.92 Å². The first-order valence-electron chi connectivity index (χ1n) is 8.98.